The third kappa shape index (κ3) is 3.76. The van der Waals surface area contributed by atoms with E-state index < -0.39 is 0 Å². The number of anilines is 1. The number of aromatic nitrogens is 2. The smallest absolute Gasteiger partial charge is 0.213 e. The fourth-order valence-corrected chi connectivity index (χ4v) is 2.66. The predicted octanol–water partition coefficient (Wildman–Crippen LogP) is 1.68. The summed E-state index contributed by atoms with van der Waals surface area (Å²) in [6.07, 6.45) is 1.63. The van der Waals surface area contributed by atoms with Gasteiger partial charge in [-0.2, -0.15) is 5.26 Å². The highest BCUT2D eigenvalue weighted by molar-refractivity contribution is 5.42. The second kappa shape index (κ2) is 7.07. The molecule has 1 aliphatic heterocycles. The minimum Gasteiger partial charge on any atom is -0.481 e. The zero-order valence-corrected chi connectivity index (χ0v) is 13.1. The zero-order valence-electron chi connectivity index (χ0n) is 13.1. The second-order valence-electron chi connectivity index (χ2n) is 5.45. The number of nitrogens with zero attached hydrogens (tertiary/aromatic N) is 5. The van der Waals surface area contributed by atoms with Crippen LogP contribution in [0, 0.1) is 11.3 Å². The van der Waals surface area contributed by atoms with Gasteiger partial charge in [-0.3, -0.25) is 4.90 Å². The topological polar surface area (TPSA) is 65.3 Å². The lowest BCUT2D eigenvalue weighted by atomic mass is 10.2. The van der Waals surface area contributed by atoms with Crippen molar-refractivity contribution in [3.05, 3.63) is 47.8 Å². The van der Waals surface area contributed by atoms with Gasteiger partial charge in [0.25, 0.3) is 0 Å². The average molecular weight is 309 g/mol. The van der Waals surface area contributed by atoms with Crippen molar-refractivity contribution in [3.8, 4) is 11.9 Å². The molecule has 0 amide bonds. The Hall–Kier alpha value is -2.65. The molecule has 3 rings (SSSR count). The van der Waals surface area contributed by atoms with E-state index in [-0.39, 0.29) is 0 Å². The Balaban J connectivity index is 1.56. The maximum absolute atomic E-state index is 8.83. The first-order chi connectivity index (χ1) is 11.3. The summed E-state index contributed by atoms with van der Waals surface area (Å²) in [6, 6.07) is 11.7. The fraction of sp³-hybridized carbons (Fsp3) is 0.353. The Morgan fingerprint density at radius 1 is 1.17 bits per heavy atom. The van der Waals surface area contributed by atoms with Crippen LogP contribution in [0.25, 0.3) is 0 Å². The van der Waals surface area contributed by atoms with Crippen LogP contribution < -0.4 is 9.64 Å². The van der Waals surface area contributed by atoms with Crippen molar-refractivity contribution < 1.29 is 4.74 Å². The molecule has 1 aliphatic rings. The van der Waals surface area contributed by atoms with E-state index in [0.29, 0.717) is 11.4 Å². The van der Waals surface area contributed by atoms with E-state index in [4.69, 9.17) is 10.00 Å². The van der Waals surface area contributed by atoms with Crippen LogP contribution in [0.15, 0.2) is 36.5 Å². The van der Waals surface area contributed by atoms with Crippen LogP contribution in [0.3, 0.4) is 0 Å². The van der Waals surface area contributed by atoms with Gasteiger partial charge in [-0.25, -0.2) is 9.97 Å². The number of piperazine rings is 1. The maximum atomic E-state index is 8.83. The van der Waals surface area contributed by atoms with Crippen molar-refractivity contribution in [1.29, 1.82) is 5.26 Å². The van der Waals surface area contributed by atoms with Gasteiger partial charge < -0.3 is 9.64 Å². The first-order valence-electron chi connectivity index (χ1n) is 7.62. The molecule has 118 valence electrons. The summed E-state index contributed by atoms with van der Waals surface area (Å²) < 4.78 is 5.17. The molecule has 23 heavy (non-hydrogen) atoms. The third-order valence-corrected chi connectivity index (χ3v) is 3.95. The van der Waals surface area contributed by atoms with Crippen molar-refractivity contribution in [3.63, 3.8) is 0 Å². The van der Waals surface area contributed by atoms with Gasteiger partial charge in [0.1, 0.15) is 11.9 Å². The predicted molar refractivity (Wildman–Crippen MR) is 87.2 cm³/mol. The molecular weight excluding hydrogens is 290 g/mol. The molecule has 3 heterocycles. The lowest BCUT2D eigenvalue weighted by Gasteiger charge is -2.35. The summed E-state index contributed by atoms with van der Waals surface area (Å²) in [5.74, 6) is 1.59. The van der Waals surface area contributed by atoms with Crippen molar-refractivity contribution in [1.82, 2.24) is 14.9 Å². The zero-order chi connectivity index (χ0) is 16.1. The van der Waals surface area contributed by atoms with E-state index in [1.807, 2.05) is 30.3 Å². The van der Waals surface area contributed by atoms with Gasteiger partial charge in [0.2, 0.25) is 5.88 Å². The van der Waals surface area contributed by atoms with E-state index in [2.05, 4.69) is 25.8 Å². The molecule has 2 aromatic heterocycles. The molecule has 0 atom stereocenters. The fourth-order valence-electron chi connectivity index (χ4n) is 2.66. The normalized spacial score (nSPS) is 15.2. The lowest BCUT2D eigenvalue weighted by molar-refractivity contribution is 0.245. The van der Waals surface area contributed by atoms with Gasteiger partial charge >= 0.3 is 0 Å². The van der Waals surface area contributed by atoms with Crippen molar-refractivity contribution in [2.75, 3.05) is 38.2 Å². The van der Waals surface area contributed by atoms with Gasteiger partial charge in [-0.05, 0) is 18.2 Å². The Bertz CT molecular complexity index is 687. The maximum Gasteiger partial charge on any atom is 0.213 e. The van der Waals surface area contributed by atoms with Crippen LogP contribution in [0.2, 0.25) is 0 Å². The van der Waals surface area contributed by atoms with E-state index in [1.54, 1.807) is 13.3 Å². The molecule has 1 saturated heterocycles. The number of pyridine rings is 2. The van der Waals surface area contributed by atoms with Crippen molar-refractivity contribution in [2.24, 2.45) is 0 Å². The van der Waals surface area contributed by atoms with Crippen LogP contribution in [0.4, 0.5) is 5.82 Å². The van der Waals surface area contributed by atoms with Crippen molar-refractivity contribution >= 4 is 5.82 Å². The molecule has 0 unspecified atom stereocenters. The Labute approximate surface area is 136 Å². The summed E-state index contributed by atoms with van der Waals surface area (Å²) in [4.78, 5) is 13.4. The van der Waals surface area contributed by atoms with Crippen LogP contribution in [0.5, 0.6) is 5.88 Å². The molecule has 0 radical (unpaired) electrons. The van der Waals surface area contributed by atoms with Gasteiger partial charge in [-0.15, -0.1) is 0 Å². The van der Waals surface area contributed by atoms with Crippen LogP contribution in [-0.4, -0.2) is 48.2 Å². The standard InChI is InChI=1S/C17H19N5O/c1-23-17-4-2-3-15(20-17)13-21-7-9-22(10-8-21)16-6-5-14(11-18)12-19-16/h2-6,12H,7-10,13H2,1H3. The van der Waals surface area contributed by atoms with Gasteiger partial charge in [0.15, 0.2) is 0 Å². The number of methoxy groups -OCH3 is 1. The number of hydrogen-bond donors (Lipinski definition) is 0. The van der Waals surface area contributed by atoms with Gasteiger partial charge in [-0.1, -0.05) is 6.07 Å². The average Bonchev–Trinajstić information content (AvgIpc) is 2.63. The number of ether oxygens (including phenoxy) is 1. The molecule has 0 spiro atoms. The molecular formula is C17H19N5O. The monoisotopic (exact) mass is 309 g/mol. The molecule has 0 aromatic carbocycles. The molecule has 6 heteroatoms. The minimum absolute atomic E-state index is 0.594. The quantitative estimate of drug-likeness (QED) is 0.856. The summed E-state index contributed by atoms with van der Waals surface area (Å²) >= 11 is 0. The highest BCUT2D eigenvalue weighted by atomic mass is 16.5. The van der Waals surface area contributed by atoms with E-state index >= 15 is 0 Å². The number of nitriles is 1. The highest BCUT2D eigenvalue weighted by Gasteiger charge is 2.18. The van der Waals surface area contributed by atoms with Crippen molar-refractivity contribution in [2.45, 2.75) is 6.54 Å². The Morgan fingerprint density at radius 2 is 2.00 bits per heavy atom. The SMILES string of the molecule is COc1cccc(CN2CCN(c3ccc(C#N)cn3)CC2)n1. The molecule has 0 bridgehead atoms. The summed E-state index contributed by atoms with van der Waals surface area (Å²) in [5.41, 5.74) is 1.62. The Morgan fingerprint density at radius 3 is 2.65 bits per heavy atom. The number of hydrogen-bond acceptors (Lipinski definition) is 6. The van der Waals surface area contributed by atoms with Crippen LogP contribution >= 0.6 is 0 Å². The third-order valence-electron chi connectivity index (χ3n) is 3.95. The van der Waals surface area contributed by atoms with Crippen LogP contribution in [0.1, 0.15) is 11.3 Å². The van der Waals surface area contributed by atoms with Gasteiger partial charge in [0.05, 0.1) is 18.4 Å². The molecule has 6 nitrogen and oxygen atoms in total. The largest absolute Gasteiger partial charge is 0.481 e. The summed E-state index contributed by atoms with van der Waals surface area (Å²) in [6.45, 7) is 4.58. The Kier molecular flexibility index (Phi) is 4.69. The summed E-state index contributed by atoms with van der Waals surface area (Å²) in [5, 5.41) is 8.83. The van der Waals surface area contributed by atoms with E-state index in [9.17, 15) is 0 Å². The summed E-state index contributed by atoms with van der Waals surface area (Å²) in [7, 11) is 1.63. The second-order valence-corrected chi connectivity index (χ2v) is 5.45. The number of rotatable bonds is 4. The molecule has 0 aliphatic carbocycles. The lowest BCUT2D eigenvalue weighted by Crippen LogP contribution is -2.46. The van der Waals surface area contributed by atoms with E-state index in [0.717, 1.165) is 44.2 Å². The molecule has 0 saturated carbocycles. The first kappa shape index (κ1) is 15.3. The van der Waals surface area contributed by atoms with Crippen LogP contribution in [-0.2, 0) is 6.54 Å². The molecule has 1 fully saturated rings. The van der Waals surface area contributed by atoms with E-state index in [1.165, 1.54) is 0 Å². The highest BCUT2D eigenvalue weighted by Crippen LogP contribution is 2.15. The first-order valence-corrected chi connectivity index (χ1v) is 7.62. The minimum atomic E-state index is 0.594. The molecule has 2 aromatic rings. The molecule has 0 N–H and O–H groups in total. The van der Waals surface area contributed by atoms with Gasteiger partial charge in [0, 0.05) is 45.0 Å².